The Kier molecular flexibility index (Phi) is 3.50. The first-order chi connectivity index (χ1) is 5.70. The molecule has 0 amide bonds. The van der Waals surface area contributed by atoms with Crippen LogP contribution in [0.2, 0.25) is 0 Å². The van der Waals surface area contributed by atoms with Crippen molar-refractivity contribution in [3.05, 3.63) is 0 Å². The van der Waals surface area contributed by atoms with Gasteiger partial charge in [0.25, 0.3) is 0 Å². The van der Waals surface area contributed by atoms with E-state index in [-0.39, 0.29) is 13.2 Å². The summed E-state index contributed by atoms with van der Waals surface area (Å²) in [5, 5.41) is 17.5. The predicted molar refractivity (Wildman–Crippen MR) is 48.0 cm³/mol. The second kappa shape index (κ2) is 4.21. The summed E-state index contributed by atoms with van der Waals surface area (Å²) in [4.78, 5) is 2.13. The van der Waals surface area contributed by atoms with Gasteiger partial charge in [0.15, 0.2) is 0 Å². The molecule has 1 fully saturated rings. The molecule has 0 atom stereocenters. The van der Waals surface area contributed by atoms with Crippen molar-refractivity contribution < 1.29 is 10.2 Å². The summed E-state index contributed by atoms with van der Waals surface area (Å²) in [6.45, 7) is 5.04. The molecule has 2 N–H and O–H groups in total. The second-order valence-electron chi connectivity index (χ2n) is 4.03. The van der Waals surface area contributed by atoms with Crippen molar-refractivity contribution >= 4 is 0 Å². The van der Waals surface area contributed by atoms with Crippen LogP contribution in [0.25, 0.3) is 0 Å². The van der Waals surface area contributed by atoms with E-state index in [9.17, 15) is 0 Å². The molecule has 0 bridgehead atoms. The quantitative estimate of drug-likeness (QED) is 0.597. The third-order valence-electron chi connectivity index (χ3n) is 2.54. The minimum absolute atomic E-state index is 0.191. The molecule has 0 aromatic carbocycles. The monoisotopic (exact) mass is 173 g/mol. The van der Waals surface area contributed by atoms with Crippen LogP contribution in [-0.4, -0.2) is 48.0 Å². The van der Waals surface area contributed by atoms with Crippen LogP contribution in [0.4, 0.5) is 0 Å². The van der Waals surface area contributed by atoms with E-state index in [2.05, 4.69) is 11.8 Å². The van der Waals surface area contributed by atoms with Gasteiger partial charge in [0.2, 0.25) is 0 Å². The van der Waals surface area contributed by atoms with E-state index in [0.29, 0.717) is 18.5 Å². The van der Waals surface area contributed by atoms with Crippen LogP contribution < -0.4 is 0 Å². The lowest BCUT2D eigenvalue weighted by atomic mass is 10.1. The summed E-state index contributed by atoms with van der Waals surface area (Å²) < 4.78 is 0. The molecule has 3 nitrogen and oxygen atoms in total. The Morgan fingerprint density at radius 3 is 2.00 bits per heavy atom. The van der Waals surface area contributed by atoms with Crippen LogP contribution in [0.1, 0.15) is 19.8 Å². The van der Waals surface area contributed by atoms with Gasteiger partial charge >= 0.3 is 0 Å². The van der Waals surface area contributed by atoms with Gasteiger partial charge in [0.1, 0.15) is 0 Å². The molecule has 1 aliphatic carbocycles. The molecule has 0 aliphatic heterocycles. The fraction of sp³-hybridized carbons (Fsp3) is 1.00. The molecule has 0 heterocycles. The highest BCUT2D eigenvalue weighted by Crippen LogP contribution is 2.45. The van der Waals surface area contributed by atoms with Crippen molar-refractivity contribution in [1.29, 1.82) is 0 Å². The molecule has 1 rings (SSSR count). The largest absolute Gasteiger partial charge is 0.395 e. The maximum atomic E-state index is 8.76. The molecule has 0 unspecified atom stereocenters. The van der Waals surface area contributed by atoms with Gasteiger partial charge in [-0.3, -0.25) is 4.90 Å². The van der Waals surface area contributed by atoms with Gasteiger partial charge < -0.3 is 10.2 Å². The minimum atomic E-state index is 0.191. The number of hydrogen-bond donors (Lipinski definition) is 2. The first-order valence-electron chi connectivity index (χ1n) is 4.64. The molecule has 1 saturated carbocycles. The van der Waals surface area contributed by atoms with Crippen molar-refractivity contribution in [3.63, 3.8) is 0 Å². The number of nitrogens with zero attached hydrogens (tertiary/aromatic N) is 1. The van der Waals surface area contributed by atoms with Gasteiger partial charge in [-0.05, 0) is 18.3 Å². The van der Waals surface area contributed by atoms with E-state index in [1.807, 2.05) is 0 Å². The Bertz CT molecular complexity index is 128. The summed E-state index contributed by atoms with van der Waals surface area (Å²) in [5.41, 5.74) is 0.477. The smallest absolute Gasteiger partial charge is 0.0558 e. The number of aliphatic hydroxyl groups is 2. The third kappa shape index (κ3) is 3.09. The van der Waals surface area contributed by atoms with Crippen LogP contribution in [0, 0.1) is 5.41 Å². The highest BCUT2D eigenvalue weighted by molar-refractivity contribution is 4.91. The molecule has 1 aliphatic rings. The Hall–Kier alpha value is -0.120. The molecule has 0 saturated heterocycles. The van der Waals surface area contributed by atoms with Crippen molar-refractivity contribution in [1.82, 2.24) is 4.90 Å². The van der Waals surface area contributed by atoms with Gasteiger partial charge in [-0.15, -0.1) is 0 Å². The zero-order chi connectivity index (χ0) is 9.03. The summed E-state index contributed by atoms with van der Waals surface area (Å²) >= 11 is 0. The second-order valence-corrected chi connectivity index (χ2v) is 4.03. The van der Waals surface area contributed by atoms with Crippen molar-refractivity contribution in [2.24, 2.45) is 5.41 Å². The Labute approximate surface area is 74.0 Å². The topological polar surface area (TPSA) is 43.7 Å². The summed E-state index contributed by atoms with van der Waals surface area (Å²) in [6, 6.07) is 0. The van der Waals surface area contributed by atoms with E-state index >= 15 is 0 Å². The van der Waals surface area contributed by atoms with E-state index in [4.69, 9.17) is 10.2 Å². The maximum Gasteiger partial charge on any atom is 0.0558 e. The van der Waals surface area contributed by atoms with Crippen molar-refractivity contribution in [2.45, 2.75) is 19.8 Å². The van der Waals surface area contributed by atoms with E-state index in [0.717, 1.165) is 6.54 Å². The van der Waals surface area contributed by atoms with Gasteiger partial charge in [-0.1, -0.05) is 6.92 Å². The lowest BCUT2D eigenvalue weighted by Gasteiger charge is -2.23. The van der Waals surface area contributed by atoms with Gasteiger partial charge in [-0.25, -0.2) is 0 Å². The fourth-order valence-corrected chi connectivity index (χ4v) is 1.46. The number of rotatable bonds is 6. The molecule has 0 radical (unpaired) electrons. The zero-order valence-corrected chi connectivity index (χ0v) is 7.79. The molecule has 72 valence electrons. The molecule has 3 heteroatoms. The normalized spacial score (nSPS) is 20.0. The highest BCUT2D eigenvalue weighted by atomic mass is 16.3. The maximum absolute atomic E-state index is 8.76. The molecular formula is C9H19NO2. The van der Waals surface area contributed by atoms with Crippen LogP contribution in [0.5, 0.6) is 0 Å². The predicted octanol–water partition coefficient (Wildman–Crippen LogP) is 0.0731. The molecule has 12 heavy (non-hydrogen) atoms. The number of aliphatic hydroxyl groups excluding tert-OH is 2. The molecule has 0 aromatic heterocycles. The van der Waals surface area contributed by atoms with Crippen LogP contribution >= 0.6 is 0 Å². The lowest BCUT2D eigenvalue weighted by Crippen LogP contribution is -2.34. The average Bonchev–Trinajstić information content (AvgIpc) is 2.69. The van der Waals surface area contributed by atoms with Crippen LogP contribution in [0.15, 0.2) is 0 Å². The van der Waals surface area contributed by atoms with Gasteiger partial charge in [-0.2, -0.15) is 0 Å². The average molecular weight is 173 g/mol. The van der Waals surface area contributed by atoms with Crippen LogP contribution in [0.3, 0.4) is 0 Å². The highest BCUT2D eigenvalue weighted by Gasteiger charge is 2.38. The third-order valence-corrected chi connectivity index (χ3v) is 2.54. The van der Waals surface area contributed by atoms with Crippen molar-refractivity contribution in [3.8, 4) is 0 Å². The Morgan fingerprint density at radius 1 is 1.17 bits per heavy atom. The molecular weight excluding hydrogens is 154 g/mol. The number of hydrogen-bond acceptors (Lipinski definition) is 3. The van der Waals surface area contributed by atoms with Gasteiger partial charge in [0.05, 0.1) is 13.2 Å². The minimum Gasteiger partial charge on any atom is -0.395 e. The standard InChI is InChI=1S/C9H19NO2/c1-9(2-3-9)8-10(4-6-11)5-7-12/h11-12H,2-8H2,1H3. The Balaban J connectivity index is 2.22. The lowest BCUT2D eigenvalue weighted by molar-refractivity contribution is 0.143. The first-order valence-corrected chi connectivity index (χ1v) is 4.64. The first kappa shape index (κ1) is 9.96. The van der Waals surface area contributed by atoms with E-state index in [1.165, 1.54) is 12.8 Å². The van der Waals surface area contributed by atoms with E-state index in [1.54, 1.807) is 0 Å². The summed E-state index contributed by atoms with van der Waals surface area (Å²) in [5.74, 6) is 0. The van der Waals surface area contributed by atoms with E-state index < -0.39 is 0 Å². The fourth-order valence-electron chi connectivity index (χ4n) is 1.46. The Morgan fingerprint density at radius 2 is 1.67 bits per heavy atom. The molecule has 0 spiro atoms. The van der Waals surface area contributed by atoms with Crippen LogP contribution in [-0.2, 0) is 0 Å². The SMILES string of the molecule is CC1(CN(CCO)CCO)CC1. The van der Waals surface area contributed by atoms with Gasteiger partial charge in [0, 0.05) is 19.6 Å². The zero-order valence-electron chi connectivity index (χ0n) is 7.79. The van der Waals surface area contributed by atoms with Crippen molar-refractivity contribution in [2.75, 3.05) is 32.8 Å². The summed E-state index contributed by atoms with van der Waals surface area (Å²) in [6.07, 6.45) is 2.58. The summed E-state index contributed by atoms with van der Waals surface area (Å²) in [7, 11) is 0. The molecule has 0 aromatic rings.